The molecule has 0 aliphatic carbocycles. The Bertz CT molecular complexity index is 456. The van der Waals surface area contributed by atoms with Crippen LogP contribution < -0.4 is 10.6 Å². The highest BCUT2D eigenvalue weighted by atomic mass is 16.1. The largest absolute Gasteiger partial charge is 0.352 e. The second-order valence-corrected chi connectivity index (χ2v) is 5.45. The van der Waals surface area contributed by atoms with E-state index in [1.165, 1.54) is 24.0 Å². The van der Waals surface area contributed by atoms with Gasteiger partial charge in [-0.2, -0.15) is 0 Å². The summed E-state index contributed by atoms with van der Waals surface area (Å²) in [4.78, 5) is 11.9. The standard InChI is InChI=1S/C16H24N2O/c1-4-5-11(2)15(17-3)13-7-6-12-8-9-18-16(19)14(12)10-13/h6-7,10-11,15,17H,4-5,8-9H2,1-3H3,(H,18,19). The summed E-state index contributed by atoms with van der Waals surface area (Å²) in [6, 6.07) is 6.67. The lowest BCUT2D eigenvalue weighted by atomic mass is 9.88. The Morgan fingerprint density at radius 3 is 2.89 bits per heavy atom. The molecule has 2 atom stereocenters. The van der Waals surface area contributed by atoms with Crippen LogP contribution in [0.5, 0.6) is 0 Å². The zero-order valence-electron chi connectivity index (χ0n) is 12.1. The van der Waals surface area contributed by atoms with E-state index in [1.54, 1.807) is 0 Å². The van der Waals surface area contributed by atoms with Gasteiger partial charge in [-0.15, -0.1) is 0 Å². The van der Waals surface area contributed by atoms with Crippen LogP contribution in [-0.2, 0) is 6.42 Å². The van der Waals surface area contributed by atoms with Gasteiger partial charge in [0.1, 0.15) is 0 Å². The van der Waals surface area contributed by atoms with Crippen LogP contribution in [0.4, 0.5) is 0 Å². The number of rotatable bonds is 5. The minimum absolute atomic E-state index is 0.0705. The van der Waals surface area contributed by atoms with Crippen molar-refractivity contribution in [1.82, 2.24) is 10.6 Å². The van der Waals surface area contributed by atoms with Crippen molar-refractivity contribution >= 4 is 5.91 Å². The molecular formula is C16H24N2O. The van der Waals surface area contributed by atoms with Gasteiger partial charge in [0.15, 0.2) is 0 Å². The average molecular weight is 260 g/mol. The lowest BCUT2D eigenvalue weighted by Gasteiger charge is -2.25. The van der Waals surface area contributed by atoms with Crippen LogP contribution in [0.15, 0.2) is 18.2 Å². The van der Waals surface area contributed by atoms with Gasteiger partial charge in [0.25, 0.3) is 5.91 Å². The lowest BCUT2D eigenvalue weighted by molar-refractivity contribution is 0.0946. The molecule has 19 heavy (non-hydrogen) atoms. The van der Waals surface area contributed by atoms with E-state index >= 15 is 0 Å². The summed E-state index contributed by atoms with van der Waals surface area (Å²) in [6.07, 6.45) is 3.32. The summed E-state index contributed by atoms with van der Waals surface area (Å²) < 4.78 is 0. The molecule has 0 spiro atoms. The van der Waals surface area contributed by atoms with Crippen LogP contribution in [0.3, 0.4) is 0 Å². The van der Waals surface area contributed by atoms with Gasteiger partial charge in [0.05, 0.1) is 0 Å². The van der Waals surface area contributed by atoms with Gasteiger partial charge in [-0.3, -0.25) is 4.79 Å². The molecular weight excluding hydrogens is 236 g/mol. The summed E-state index contributed by atoms with van der Waals surface area (Å²) in [5, 5.41) is 6.31. The number of carbonyl (C=O) groups is 1. The molecule has 1 aliphatic rings. The third-order valence-corrected chi connectivity index (χ3v) is 4.04. The Labute approximate surface area is 115 Å². The molecule has 0 bridgehead atoms. The number of amides is 1. The van der Waals surface area contributed by atoms with Gasteiger partial charge in [-0.1, -0.05) is 32.4 Å². The molecule has 0 aromatic heterocycles. The van der Waals surface area contributed by atoms with Gasteiger partial charge in [0.2, 0.25) is 0 Å². The Hall–Kier alpha value is -1.35. The summed E-state index contributed by atoms with van der Waals surface area (Å²) in [5.74, 6) is 0.640. The zero-order valence-corrected chi connectivity index (χ0v) is 12.1. The van der Waals surface area contributed by atoms with E-state index in [9.17, 15) is 4.79 Å². The van der Waals surface area contributed by atoms with Gasteiger partial charge in [-0.05, 0) is 43.0 Å². The van der Waals surface area contributed by atoms with E-state index < -0.39 is 0 Å². The van der Waals surface area contributed by atoms with Crippen molar-refractivity contribution in [3.05, 3.63) is 34.9 Å². The SMILES string of the molecule is CCCC(C)C(NC)c1ccc2c(c1)C(=O)NCC2. The smallest absolute Gasteiger partial charge is 0.251 e. The lowest BCUT2D eigenvalue weighted by Crippen LogP contribution is -2.32. The Morgan fingerprint density at radius 2 is 2.21 bits per heavy atom. The molecule has 3 nitrogen and oxygen atoms in total. The van der Waals surface area contributed by atoms with E-state index in [4.69, 9.17) is 0 Å². The maximum Gasteiger partial charge on any atom is 0.251 e. The average Bonchev–Trinajstić information content (AvgIpc) is 2.41. The van der Waals surface area contributed by atoms with Crippen molar-refractivity contribution in [3.8, 4) is 0 Å². The third kappa shape index (κ3) is 2.98. The van der Waals surface area contributed by atoms with Crippen LogP contribution in [0.2, 0.25) is 0 Å². The Balaban J connectivity index is 2.29. The first-order valence-electron chi connectivity index (χ1n) is 7.25. The van der Waals surface area contributed by atoms with Gasteiger partial charge >= 0.3 is 0 Å². The first kappa shape index (κ1) is 14.1. The fraction of sp³-hybridized carbons (Fsp3) is 0.562. The fourth-order valence-electron chi connectivity index (χ4n) is 3.02. The highest BCUT2D eigenvalue weighted by Gasteiger charge is 2.21. The molecule has 2 N–H and O–H groups in total. The number of benzene rings is 1. The zero-order chi connectivity index (χ0) is 13.8. The molecule has 0 saturated heterocycles. The molecule has 104 valence electrons. The minimum Gasteiger partial charge on any atom is -0.352 e. The molecule has 0 radical (unpaired) electrons. The maximum absolute atomic E-state index is 11.9. The highest BCUT2D eigenvalue weighted by molar-refractivity contribution is 5.96. The van der Waals surface area contributed by atoms with Crippen molar-refractivity contribution < 1.29 is 4.79 Å². The number of hydrogen-bond acceptors (Lipinski definition) is 2. The minimum atomic E-state index is 0.0705. The molecule has 2 unspecified atom stereocenters. The topological polar surface area (TPSA) is 41.1 Å². The third-order valence-electron chi connectivity index (χ3n) is 4.04. The van der Waals surface area contributed by atoms with E-state index in [2.05, 4.69) is 42.7 Å². The van der Waals surface area contributed by atoms with Crippen LogP contribution in [0.25, 0.3) is 0 Å². The molecule has 0 fully saturated rings. The van der Waals surface area contributed by atoms with Crippen LogP contribution in [0.1, 0.15) is 54.2 Å². The maximum atomic E-state index is 11.9. The van der Waals surface area contributed by atoms with Gasteiger partial charge < -0.3 is 10.6 Å². The highest BCUT2D eigenvalue weighted by Crippen LogP contribution is 2.27. The molecule has 1 aromatic carbocycles. The first-order chi connectivity index (χ1) is 9.17. The van der Waals surface area contributed by atoms with Gasteiger partial charge in [-0.25, -0.2) is 0 Å². The molecule has 0 saturated carbocycles. The molecule has 1 heterocycles. The normalized spacial score (nSPS) is 17.5. The number of hydrogen-bond donors (Lipinski definition) is 2. The summed E-state index contributed by atoms with van der Waals surface area (Å²) in [5.41, 5.74) is 3.25. The van der Waals surface area contributed by atoms with E-state index in [0.717, 1.165) is 18.5 Å². The summed E-state index contributed by atoms with van der Waals surface area (Å²) >= 11 is 0. The number of nitrogens with one attached hydrogen (secondary N) is 2. The fourth-order valence-corrected chi connectivity index (χ4v) is 3.02. The van der Waals surface area contributed by atoms with Crippen LogP contribution >= 0.6 is 0 Å². The van der Waals surface area contributed by atoms with Gasteiger partial charge in [0, 0.05) is 18.2 Å². The molecule has 3 heteroatoms. The first-order valence-corrected chi connectivity index (χ1v) is 7.25. The van der Waals surface area contributed by atoms with E-state index in [0.29, 0.717) is 12.0 Å². The van der Waals surface area contributed by atoms with Crippen molar-refractivity contribution in [1.29, 1.82) is 0 Å². The van der Waals surface area contributed by atoms with E-state index in [1.807, 2.05) is 7.05 Å². The molecule has 1 aromatic rings. The molecule has 2 rings (SSSR count). The second kappa shape index (κ2) is 6.20. The Morgan fingerprint density at radius 1 is 1.42 bits per heavy atom. The van der Waals surface area contributed by atoms with Crippen molar-refractivity contribution in [2.45, 2.75) is 39.2 Å². The predicted octanol–water partition coefficient (Wildman–Crippen LogP) is 2.67. The monoisotopic (exact) mass is 260 g/mol. The number of carbonyl (C=O) groups excluding carboxylic acids is 1. The van der Waals surface area contributed by atoms with Crippen LogP contribution in [0, 0.1) is 5.92 Å². The summed E-state index contributed by atoms with van der Waals surface area (Å²) in [7, 11) is 2.00. The van der Waals surface area contributed by atoms with Crippen molar-refractivity contribution in [3.63, 3.8) is 0 Å². The quantitative estimate of drug-likeness (QED) is 0.854. The Kier molecular flexibility index (Phi) is 4.59. The van der Waals surface area contributed by atoms with Crippen LogP contribution in [-0.4, -0.2) is 19.5 Å². The summed E-state index contributed by atoms with van der Waals surface area (Å²) in [6.45, 7) is 5.24. The number of fused-ring (bicyclic) bond motifs is 1. The second-order valence-electron chi connectivity index (χ2n) is 5.45. The van der Waals surface area contributed by atoms with Crippen molar-refractivity contribution in [2.75, 3.05) is 13.6 Å². The predicted molar refractivity (Wildman–Crippen MR) is 78.4 cm³/mol. The molecule has 1 aliphatic heterocycles. The van der Waals surface area contributed by atoms with E-state index in [-0.39, 0.29) is 5.91 Å². The van der Waals surface area contributed by atoms with Crippen molar-refractivity contribution in [2.24, 2.45) is 5.92 Å². The molecule has 1 amide bonds.